The van der Waals surface area contributed by atoms with Gasteiger partial charge in [-0.15, -0.1) is 0 Å². The van der Waals surface area contributed by atoms with Gasteiger partial charge in [-0.3, -0.25) is 0 Å². The Balaban J connectivity index is 2.16. The molecule has 2 nitrogen and oxygen atoms in total. The normalized spacial score (nSPS) is 13.0. The van der Waals surface area contributed by atoms with Crippen LogP contribution in [0.25, 0.3) is 0 Å². The summed E-state index contributed by atoms with van der Waals surface area (Å²) in [7, 11) is 0. The van der Waals surface area contributed by atoms with Crippen LogP contribution in [0, 0.1) is 0 Å². The SMILES string of the molecule is CC(C)OCC(O)CSCc1ccc(Cl)cc1. The lowest BCUT2D eigenvalue weighted by atomic mass is 10.2. The van der Waals surface area contributed by atoms with E-state index in [1.54, 1.807) is 11.8 Å². The molecule has 1 aromatic rings. The second-order valence-electron chi connectivity index (χ2n) is 4.18. The Bertz CT molecular complexity index is 314. The van der Waals surface area contributed by atoms with Crippen molar-refractivity contribution in [1.29, 1.82) is 0 Å². The van der Waals surface area contributed by atoms with E-state index in [9.17, 15) is 5.11 Å². The maximum absolute atomic E-state index is 9.65. The molecular formula is C13H19ClO2S. The fourth-order valence-electron chi connectivity index (χ4n) is 1.25. The molecule has 0 spiro atoms. The third-order valence-electron chi connectivity index (χ3n) is 2.11. The first-order valence-electron chi connectivity index (χ1n) is 5.70. The Morgan fingerprint density at radius 1 is 1.29 bits per heavy atom. The summed E-state index contributed by atoms with van der Waals surface area (Å²) >= 11 is 7.50. The summed E-state index contributed by atoms with van der Waals surface area (Å²) in [6.07, 6.45) is -0.222. The first-order valence-corrected chi connectivity index (χ1v) is 7.23. The highest BCUT2D eigenvalue weighted by molar-refractivity contribution is 7.98. The Labute approximate surface area is 112 Å². The van der Waals surface area contributed by atoms with Crippen LogP contribution < -0.4 is 0 Å². The van der Waals surface area contributed by atoms with Crippen molar-refractivity contribution in [3.8, 4) is 0 Å². The minimum atomic E-state index is -0.394. The van der Waals surface area contributed by atoms with Crippen molar-refractivity contribution in [3.05, 3.63) is 34.9 Å². The van der Waals surface area contributed by atoms with E-state index in [0.717, 1.165) is 10.8 Å². The molecule has 96 valence electrons. The third kappa shape index (κ3) is 6.94. The Hall–Kier alpha value is -0.220. The van der Waals surface area contributed by atoms with Crippen LogP contribution in [0.1, 0.15) is 19.4 Å². The molecule has 1 rings (SSSR count). The van der Waals surface area contributed by atoms with Crippen LogP contribution in [0.2, 0.25) is 5.02 Å². The zero-order chi connectivity index (χ0) is 12.7. The highest BCUT2D eigenvalue weighted by Gasteiger charge is 2.05. The molecular weight excluding hydrogens is 256 g/mol. The van der Waals surface area contributed by atoms with Crippen molar-refractivity contribution in [3.63, 3.8) is 0 Å². The molecule has 0 saturated heterocycles. The van der Waals surface area contributed by atoms with Gasteiger partial charge in [0, 0.05) is 16.5 Å². The van der Waals surface area contributed by atoms with Gasteiger partial charge in [-0.25, -0.2) is 0 Å². The number of hydrogen-bond donors (Lipinski definition) is 1. The fraction of sp³-hybridized carbons (Fsp3) is 0.538. The van der Waals surface area contributed by atoms with Gasteiger partial charge in [0.1, 0.15) is 0 Å². The van der Waals surface area contributed by atoms with Crippen LogP contribution in [0.15, 0.2) is 24.3 Å². The fourth-order valence-corrected chi connectivity index (χ4v) is 2.29. The first-order chi connectivity index (χ1) is 8.08. The van der Waals surface area contributed by atoms with E-state index in [1.165, 1.54) is 5.56 Å². The molecule has 0 aliphatic rings. The predicted molar refractivity (Wildman–Crippen MR) is 74.7 cm³/mol. The largest absolute Gasteiger partial charge is 0.390 e. The molecule has 0 aromatic heterocycles. The van der Waals surface area contributed by atoms with E-state index >= 15 is 0 Å². The standard InChI is InChI=1S/C13H19ClO2S/c1-10(2)16-7-13(15)9-17-8-11-3-5-12(14)6-4-11/h3-6,10,13,15H,7-9H2,1-2H3. The van der Waals surface area contributed by atoms with Crippen molar-refractivity contribution in [1.82, 2.24) is 0 Å². The summed E-state index contributed by atoms with van der Waals surface area (Å²) in [6, 6.07) is 7.78. The van der Waals surface area contributed by atoms with Gasteiger partial charge in [0.15, 0.2) is 0 Å². The van der Waals surface area contributed by atoms with Crippen molar-refractivity contribution in [2.75, 3.05) is 12.4 Å². The number of hydrogen-bond acceptors (Lipinski definition) is 3. The Morgan fingerprint density at radius 2 is 1.94 bits per heavy atom. The minimum absolute atomic E-state index is 0.172. The van der Waals surface area contributed by atoms with E-state index in [2.05, 4.69) is 0 Å². The molecule has 0 aliphatic heterocycles. The van der Waals surface area contributed by atoms with Gasteiger partial charge in [-0.2, -0.15) is 11.8 Å². The second-order valence-corrected chi connectivity index (χ2v) is 5.64. The summed E-state index contributed by atoms with van der Waals surface area (Å²) in [5.74, 6) is 1.57. The molecule has 17 heavy (non-hydrogen) atoms. The number of aliphatic hydroxyl groups is 1. The van der Waals surface area contributed by atoms with Gasteiger partial charge in [0.2, 0.25) is 0 Å². The molecule has 0 bridgehead atoms. The zero-order valence-corrected chi connectivity index (χ0v) is 11.8. The third-order valence-corrected chi connectivity index (χ3v) is 3.52. The van der Waals surface area contributed by atoms with Crippen LogP contribution in [-0.4, -0.2) is 29.7 Å². The quantitative estimate of drug-likeness (QED) is 0.827. The van der Waals surface area contributed by atoms with E-state index in [4.69, 9.17) is 16.3 Å². The molecule has 4 heteroatoms. The van der Waals surface area contributed by atoms with E-state index in [1.807, 2.05) is 38.1 Å². The maximum Gasteiger partial charge on any atom is 0.0864 e. The summed E-state index contributed by atoms with van der Waals surface area (Å²) < 4.78 is 5.34. The first kappa shape index (κ1) is 14.8. The minimum Gasteiger partial charge on any atom is -0.390 e. The Kier molecular flexibility index (Phi) is 6.97. The molecule has 0 aliphatic carbocycles. The average molecular weight is 275 g/mol. The lowest BCUT2D eigenvalue weighted by molar-refractivity contribution is 0.0152. The smallest absolute Gasteiger partial charge is 0.0864 e. The van der Waals surface area contributed by atoms with E-state index < -0.39 is 6.10 Å². The van der Waals surface area contributed by atoms with Crippen molar-refractivity contribution < 1.29 is 9.84 Å². The number of rotatable bonds is 7. The lowest BCUT2D eigenvalue weighted by Crippen LogP contribution is -2.20. The van der Waals surface area contributed by atoms with Gasteiger partial charge >= 0.3 is 0 Å². The van der Waals surface area contributed by atoms with Crippen LogP contribution in [0.5, 0.6) is 0 Å². The molecule has 0 amide bonds. The van der Waals surface area contributed by atoms with Crippen LogP contribution in [0.4, 0.5) is 0 Å². The van der Waals surface area contributed by atoms with Crippen LogP contribution >= 0.6 is 23.4 Å². The van der Waals surface area contributed by atoms with Gasteiger partial charge in [-0.1, -0.05) is 23.7 Å². The topological polar surface area (TPSA) is 29.5 Å². The van der Waals surface area contributed by atoms with Crippen LogP contribution in [-0.2, 0) is 10.5 Å². The second kappa shape index (κ2) is 7.98. The Morgan fingerprint density at radius 3 is 2.53 bits per heavy atom. The van der Waals surface area contributed by atoms with E-state index in [0.29, 0.717) is 12.4 Å². The lowest BCUT2D eigenvalue weighted by Gasteiger charge is -2.13. The average Bonchev–Trinajstić information content (AvgIpc) is 2.29. The summed E-state index contributed by atoms with van der Waals surface area (Å²) in [6.45, 7) is 4.34. The molecule has 1 aromatic carbocycles. The van der Waals surface area contributed by atoms with Gasteiger partial charge in [0.05, 0.1) is 18.8 Å². The zero-order valence-electron chi connectivity index (χ0n) is 10.2. The van der Waals surface area contributed by atoms with Crippen LogP contribution in [0.3, 0.4) is 0 Å². The molecule has 0 fully saturated rings. The number of thioether (sulfide) groups is 1. The highest BCUT2D eigenvalue weighted by Crippen LogP contribution is 2.16. The van der Waals surface area contributed by atoms with Crippen molar-refractivity contribution in [2.24, 2.45) is 0 Å². The van der Waals surface area contributed by atoms with Crippen molar-refractivity contribution >= 4 is 23.4 Å². The summed E-state index contributed by atoms with van der Waals surface area (Å²) in [4.78, 5) is 0. The monoisotopic (exact) mass is 274 g/mol. The predicted octanol–water partition coefficient (Wildman–Crippen LogP) is 3.36. The van der Waals surface area contributed by atoms with Gasteiger partial charge < -0.3 is 9.84 Å². The number of aliphatic hydroxyl groups excluding tert-OH is 1. The molecule has 1 unspecified atom stereocenters. The maximum atomic E-state index is 9.65. The molecule has 0 radical (unpaired) electrons. The molecule has 0 heterocycles. The molecule has 1 atom stereocenters. The highest BCUT2D eigenvalue weighted by atomic mass is 35.5. The summed E-state index contributed by atoms with van der Waals surface area (Å²) in [5, 5.41) is 10.4. The van der Waals surface area contributed by atoms with Gasteiger partial charge in [0.25, 0.3) is 0 Å². The summed E-state index contributed by atoms with van der Waals surface area (Å²) in [5.41, 5.74) is 1.22. The molecule has 1 N–H and O–H groups in total. The van der Waals surface area contributed by atoms with Crippen molar-refractivity contribution in [2.45, 2.75) is 31.8 Å². The number of benzene rings is 1. The van der Waals surface area contributed by atoms with Gasteiger partial charge in [-0.05, 0) is 31.5 Å². The molecule has 0 saturated carbocycles. The number of ether oxygens (including phenoxy) is 1. The van der Waals surface area contributed by atoms with E-state index in [-0.39, 0.29) is 6.10 Å². The number of halogens is 1.